The zero-order valence-corrected chi connectivity index (χ0v) is 18.2. The summed E-state index contributed by atoms with van der Waals surface area (Å²) in [5, 5.41) is 2.89. The molecule has 1 heterocycles. The van der Waals surface area contributed by atoms with Crippen LogP contribution in [0.4, 0.5) is 20.6 Å². The number of nitrogens with one attached hydrogen (secondary N) is 1. The molecule has 0 radical (unpaired) electrons. The summed E-state index contributed by atoms with van der Waals surface area (Å²) in [6.45, 7) is 4.41. The van der Waals surface area contributed by atoms with Crippen molar-refractivity contribution in [3.05, 3.63) is 95.8 Å². The molecule has 1 aliphatic rings. The number of carbonyl (C=O) groups excluding carboxylic acids is 2. The fourth-order valence-corrected chi connectivity index (χ4v) is 4.33. The fourth-order valence-electron chi connectivity index (χ4n) is 4.33. The third-order valence-corrected chi connectivity index (χ3v) is 5.76. The highest BCUT2D eigenvalue weighted by molar-refractivity contribution is 6.07. The molecule has 6 heteroatoms. The molecule has 3 amide bonds. The van der Waals surface area contributed by atoms with Gasteiger partial charge in [-0.3, -0.25) is 9.69 Å². The number of benzene rings is 3. The molecule has 4 rings (SSSR count). The molecule has 1 aliphatic heterocycles. The number of para-hydroxylation sites is 2. The molecule has 0 aliphatic carbocycles. The standard InChI is InChI=1S/C26H26FN3O2/c1-3-28-26(32)29-18(2)17-24(22-11-7-8-12-23(22)29)30(21-9-5-4-6-10-21)25(31)19-13-15-20(27)16-14-19/h4-16,18,24H,3,17H2,1-2H3,(H,28,32). The van der Waals surface area contributed by atoms with Crippen molar-refractivity contribution in [1.82, 2.24) is 5.32 Å². The van der Waals surface area contributed by atoms with Gasteiger partial charge in [0.15, 0.2) is 0 Å². The highest BCUT2D eigenvalue weighted by Gasteiger charge is 2.38. The van der Waals surface area contributed by atoms with Crippen LogP contribution in [0, 0.1) is 5.82 Å². The second kappa shape index (κ2) is 9.22. The van der Waals surface area contributed by atoms with E-state index < -0.39 is 0 Å². The summed E-state index contributed by atoms with van der Waals surface area (Å²) >= 11 is 0. The minimum atomic E-state index is -0.387. The molecule has 3 aromatic rings. The van der Waals surface area contributed by atoms with Crippen LogP contribution in [-0.2, 0) is 0 Å². The van der Waals surface area contributed by atoms with Crippen LogP contribution in [0.5, 0.6) is 0 Å². The molecule has 3 aromatic carbocycles. The first-order valence-corrected chi connectivity index (χ1v) is 10.8. The Hall–Kier alpha value is -3.67. The van der Waals surface area contributed by atoms with Crippen LogP contribution < -0.4 is 15.1 Å². The number of nitrogens with zero attached hydrogens (tertiary/aromatic N) is 2. The third-order valence-electron chi connectivity index (χ3n) is 5.76. The maximum absolute atomic E-state index is 13.7. The Bertz CT molecular complexity index is 1100. The highest BCUT2D eigenvalue weighted by Crippen LogP contribution is 2.42. The lowest BCUT2D eigenvalue weighted by Crippen LogP contribution is -2.51. The van der Waals surface area contributed by atoms with Crippen molar-refractivity contribution in [2.24, 2.45) is 0 Å². The van der Waals surface area contributed by atoms with Gasteiger partial charge in [-0.05, 0) is 68.3 Å². The molecule has 1 N–H and O–H groups in total. The van der Waals surface area contributed by atoms with E-state index in [0.29, 0.717) is 18.5 Å². The Balaban J connectivity index is 1.82. The minimum Gasteiger partial charge on any atom is -0.338 e. The van der Waals surface area contributed by atoms with Gasteiger partial charge in [0.1, 0.15) is 5.82 Å². The smallest absolute Gasteiger partial charge is 0.322 e. The second-order valence-corrected chi connectivity index (χ2v) is 7.88. The number of hydrogen-bond donors (Lipinski definition) is 1. The topological polar surface area (TPSA) is 52.7 Å². The van der Waals surface area contributed by atoms with E-state index >= 15 is 0 Å². The predicted octanol–water partition coefficient (Wildman–Crippen LogP) is 5.54. The summed E-state index contributed by atoms with van der Waals surface area (Å²) in [7, 11) is 0. The summed E-state index contributed by atoms with van der Waals surface area (Å²) in [5.74, 6) is -0.600. The van der Waals surface area contributed by atoms with Crippen LogP contribution in [-0.4, -0.2) is 24.5 Å². The highest BCUT2D eigenvalue weighted by atomic mass is 19.1. The number of anilines is 2. The number of rotatable bonds is 4. The quantitative estimate of drug-likeness (QED) is 0.590. The van der Waals surface area contributed by atoms with Crippen molar-refractivity contribution < 1.29 is 14.0 Å². The van der Waals surface area contributed by atoms with Gasteiger partial charge in [-0.15, -0.1) is 0 Å². The van der Waals surface area contributed by atoms with Gasteiger partial charge >= 0.3 is 6.03 Å². The van der Waals surface area contributed by atoms with Crippen LogP contribution in [0.25, 0.3) is 0 Å². The molecule has 0 aromatic heterocycles. The number of amides is 3. The van der Waals surface area contributed by atoms with Crippen molar-refractivity contribution in [2.45, 2.75) is 32.4 Å². The Labute approximate surface area is 187 Å². The lowest BCUT2D eigenvalue weighted by molar-refractivity contribution is 0.0973. The molecule has 2 atom stereocenters. The Morgan fingerprint density at radius 2 is 1.66 bits per heavy atom. The van der Waals surface area contributed by atoms with E-state index in [1.54, 1.807) is 9.80 Å². The zero-order valence-electron chi connectivity index (χ0n) is 18.2. The summed E-state index contributed by atoms with van der Waals surface area (Å²) < 4.78 is 13.5. The molecule has 0 saturated carbocycles. The van der Waals surface area contributed by atoms with Crippen LogP contribution in [0.3, 0.4) is 0 Å². The Morgan fingerprint density at radius 3 is 2.34 bits per heavy atom. The Morgan fingerprint density at radius 1 is 1.00 bits per heavy atom. The zero-order chi connectivity index (χ0) is 22.7. The van der Waals surface area contributed by atoms with Crippen molar-refractivity contribution in [3.8, 4) is 0 Å². The van der Waals surface area contributed by atoms with Gasteiger partial charge in [0, 0.05) is 23.8 Å². The van der Waals surface area contributed by atoms with Crippen molar-refractivity contribution in [3.63, 3.8) is 0 Å². The number of fused-ring (bicyclic) bond motifs is 1. The van der Waals surface area contributed by atoms with Crippen LogP contribution in [0.15, 0.2) is 78.9 Å². The van der Waals surface area contributed by atoms with E-state index in [0.717, 1.165) is 16.9 Å². The first-order chi connectivity index (χ1) is 15.5. The molecule has 0 saturated heterocycles. The maximum Gasteiger partial charge on any atom is 0.322 e. The summed E-state index contributed by atoms with van der Waals surface area (Å²) in [6, 6.07) is 22.2. The van der Waals surface area contributed by atoms with E-state index in [4.69, 9.17) is 0 Å². The lowest BCUT2D eigenvalue weighted by atomic mass is 9.89. The predicted molar refractivity (Wildman–Crippen MR) is 124 cm³/mol. The average Bonchev–Trinajstić information content (AvgIpc) is 2.80. The third kappa shape index (κ3) is 4.08. The number of hydrogen-bond acceptors (Lipinski definition) is 2. The summed E-state index contributed by atoms with van der Waals surface area (Å²) in [6.07, 6.45) is 0.565. The molecule has 5 nitrogen and oxygen atoms in total. The minimum absolute atomic E-state index is 0.131. The molecule has 32 heavy (non-hydrogen) atoms. The summed E-state index contributed by atoms with van der Waals surface area (Å²) in [5.41, 5.74) is 2.85. The first kappa shape index (κ1) is 21.6. The van der Waals surface area contributed by atoms with Gasteiger partial charge in [0.25, 0.3) is 5.91 Å². The SMILES string of the molecule is CCNC(=O)N1c2ccccc2C(N(C(=O)c2ccc(F)cc2)c2ccccc2)CC1C. The van der Waals surface area contributed by atoms with E-state index in [2.05, 4.69) is 5.32 Å². The fraction of sp³-hybridized carbons (Fsp3) is 0.231. The number of halogens is 1. The number of carbonyl (C=O) groups is 2. The Kier molecular flexibility index (Phi) is 6.21. The van der Waals surface area contributed by atoms with Crippen molar-refractivity contribution >= 4 is 23.3 Å². The molecule has 0 bridgehead atoms. The van der Waals surface area contributed by atoms with E-state index in [1.165, 1.54) is 24.3 Å². The van der Waals surface area contributed by atoms with Crippen LogP contribution in [0.1, 0.15) is 42.2 Å². The lowest BCUT2D eigenvalue weighted by Gasteiger charge is -2.43. The molecular weight excluding hydrogens is 405 g/mol. The van der Waals surface area contributed by atoms with Crippen LogP contribution >= 0.6 is 0 Å². The summed E-state index contributed by atoms with van der Waals surface area (Å²) in [4.78, 5) is 30.0. The first-order valence-electron chi connectivity index (χ1n) is 10.8. The monoisotopic (exact) mass is 431 g/mol. The second-order valence-electron chi connectivity index (χ2n) is 7.88. The van der Waals surface area contributed by atoms with Gasteiger partial charge in [0.05, 0.1) is 11.7 Å². The normalized spacial score (nSPS) is 17.4. The van der Waals surface area contributed by atoms with Gasteiger partial charge < -0.3 is 10.2 Å². The maximum atomic E-state index is 13.7. The molecular formula is C26H26FN3O2. The van der Waals surface area contributed by atoms with Gasteiger partial charge in [-0.2, -0.15) is 0 Å². The van der Waals surface area contributed by atoms with E-state index in [-0.39, 0.29) is 29.8 Å². The van der Waals surface area contributed by atoms with Crippen molar-refractivity contribution in [2.75, 3.05) is 16.3 Å². The molecule has 2 unspecified atom stereocenters. The number of urea groups is 1. The largest absolute Gasteiger partial charge is 0.338 e. The molecule has 164 valence electrons. The van der Waals surface area contributed by atoms with Gasteiger partial charge in [-0.25, -0.2) is 9.18 Å². The van der Waals surface area contributed by atoms with Gasteiger partial charge in [0.2, 0.25) is 0 Å². The van der Waals surface area contributed by atoms with E-state index in [1.807, 2.05) is 68.4 Å². The van der Waals surface area contributed by atoms with E-state index in [9.17, 15) is 14.0 Å². The van der Waals surface area contributed by atoms with Crippen LogP contribution in [0.2, 0.25) is 0 Å². The average molecular weight is 432 g/mol. The molecule has 0 fully saturated rings. The van der Waals surface area contributed by atoms with Gasteiger partial charge in [-0.1, -0.05) is 36.4 Å². The van der Waals surface area contributed by atoms with Crippen molar-refractivity contribution in [1.29, 1.82) is 0 Å². The molecule has 0 spiro atoms.